The number of aromatic nitrogens is 2. The van der Waals surface area contributed by atoms with E-state index in [-0.39, 0.29) is 36.7 Å². The molecule has 9 rings (SSSR count). The minimum atomic E-state index is -0.973. The van der Waals surface area contributed by atoms with Crippen LogP contribution in [0, 0.1) is 0 Å². The van der Waals surface area contributed by atoms with E-state index >= 15 is 0 Å². The highest BCUT2D eigenvalue weighted by atomic mass is 16.2. The number of nitrogens with zero attached hydrogens (tertiary/aromatic N) is 7. The fraction of sp³-hybridized carbons (Fsp3) is 0.419. The third kappa shape index (κ3) is 7.18. The predicted molar refractivity (Wildman–Crippen MR) is 216 cm³/mol. The number of imide groups is 2. The molecule has 0 spiro atoms. The van der Waals surface area contributed by atoms with Gasteiger partial charge in [0, 0.05) is 99.4 Å². The number of benzene rings is 3. The number of para-hydroxylation sites is 1. The number of nitrogens with one attached hydrogen (secondary N) is 2. The highest BCUT2D eigenvalue weighted by molar-refractivity contribution is 6.23. The molecule has 1 aliphatic carbocycles. The van der Waals surface area contributed by atoms with Crippen molar-refractivity contribution in [3.8, 4) is 0 Å². The second kappa shape index (κ2) is 15.2. The zero-order valence-corrected chi connectivity index (χ0v) is 32.1. The van der Waals surface area contributed by atoms with E-state index < -0.39 is 23.8 Å². The molecule has 14 heteroatoms. The van der Waals surface area contributed by atoms with Crippen molar-refractivity contribution in [2.24, 2.45) is 0 Å². The zero-order chi connectivity index (χ0) is 39.2. The first kappa shape index (κ1) is 36.7. The summed E-state index contributed by atoms with van der Waals surface area (Å²) in [5, 5.41) is 6.79. The molecular weight excluding hydrogens is 723 g/mol. The highest BCUT2D eigenvalue weighted by Crippen LogP contribution is 2.34. The SMILES string of the molecule is CC(=O)N(c1ccc(N2CCN(C3CCN(c4ccc5c(c4)C(=O)N(C4CCC(=O)NC4=O)C5=O)C3)CC2)cc1)C1CCC(Nc2ncc3ccccc3n2)CC1. The molecule has 0 bridgehead atoms. The van der Waals surface area contributed by atoms with Gasteiger partial charge in [0.15, 0.2) is 0 Å². The molecule has 5 heterocycles. The van der Waals surface area contributed by atoms with Crippen molar-refractivity contribution in [2.75, 3.05) is 59.3 Å². The lowest BCUT2D eigenvalue weighted by molar-refractivity contribution is -0.136. The van der Waals surface area contributed by atoms with Gasteiger partial charge in [-0.15, -0.1) is 0 Å². The monoisotopic (exact) mass is 769 g/mol. The minimum Gasteiger partial charge on any atom is -0.370 e. The van der Waals surface area contributed by atoms with Crippen LogP contribution in [0.25, 0.3) is 10.9 Å². The Bertz CT molecular complexity index is 2230. The molecule has 4 aromatic rings. The van der Waals surface area contributed by atoms with Gasteiger partial charge < -0.3 is 20.0 Å². The molecule has 2 unspecified atom stereocenters. The molecule has 1 saturated carbocycles. The number of carbonyl (C=O) groups excluding carboxylic acids is 5. The number of hydrogen-bond donors (Lipinski definition) is 2. The summed E-state index contributed by atoms with van der Waals surface area (Å²) < 4.78 is 0. The molecule has 3 saturated heterocycles. The molecule has 4 fully saturated rings. The van der Waals surface area contributed by atoms with Gasteiger partial charge in [-0.2, -0.15) is 0 Å². The fourth-order valence-electron chi connectivity index (χ4n) is 9.45. The van der Waals surface area contributed by atoms with Crippen LogP contribution < -0.4 is 25.3 Å². The Kier molecular flexibility index (Phi) is 9.81. The summed E-state index contributed by atoms with van der Waals surface area (Å²) in [6.45, 7) is 6.98. The number of anilines is 4. The molecule has 0 radical (unpaired) electrons. The van der Waals surface area contributed by atoms with Crippen molar-refractivity contribution >= 4 is 63.4 Å². The molecule has 5 aliphatic rings. The normalized spacial score (nSPS) is 24.2. The molecular formula is C43H47N9O5. The van der Waals surface area contributed by atoms with Crippen LogP contribution >= 0.6 is 0 Å². The topological polar surface area (TPSA) is 151 Å². The summed E-state index contributed by atoms with van der Waals surface area (Å²) >= 11 is 0. The first-order valence-electron chi connectivity index (χ1n) is 20.2. The van der Waals surface area contributed by atoms with E-state index in [0.717, 1.165) is 104 Å². The molecule has 14 nitrogen and oxygen atoms in total. The Hall–Kier alpha value is -5.89. The molecule has 4 aliphatic heterocycles. The lowest BCUT2D eigenvalue weighted by atomic mass is 9.89. The first-order valence-corrected chi connectivity index (χ1v) is 20.2. The summed E-state index contributed by atoms with van der Waals surface area (Å²) in [6, 6.07) is 21.6. The zero-order valence-electron chi connectivity index (χ0n) is 32.1. The van der Waals surface area contributed by atoms with Crippen LogP contribution in [-0.4, -0.2) is 113 Å². The fourth-order valence-corrected chi connectivity index (χ4v) is 9.45. The second-order valence-corrected chi connectivity index (χ2v) is 15.9. The van der Waals surface area contributed by atoms with E-state index in [1.165, 1.54) is 0 Å². The number of piperidine rings is 1. The maximum absolute atomic E-state index is 13.4. The third-order valence-electron chi connectivity index (χ3n) is 12.5. The van der Waals surface area contributed by atoms with Gasteiger partial charge in [0.2, 0.25) is 23.7 Å². The predicted octanol–water partition coefficient (Wildman–Crippen LogP) is 4.21. The van der Waals surface area contributed by atoms with E-state index in [4.69, 9.17) is 0 Å². The summed E-state index contributed by atoms with van der Waals surface area (Å²) in [7, 11) is 0. The number of piperazine rings is 1. The van der Waals surface area contributed by atoms with E-state index in [9.17, 15) is 24.0 Å². The quantitative estimate of drug-likeness (QED) is 0.248. The van der Waals surface area contributed by atoms with E-state index in [2.05, 4.69) is 59.6 Å². The Morgan fingerprint density at radius 1 is 0.789 bits per heavy atom. The van der Waals surface area contributed by atoms with Crippen molar-refractivity contribution in [1.82, 2.24) is 25.1 Å². The van der Waals surface area contributed by atoms with Gasteiger partial charge in [0.25, 0.3) is 11.8 Å². The van der Waals surface area contributed by atoms with E-state index in [0.29, 0.717) is 23.1 Å². The van der Waals surface area contributed by atoms with Gasteiger partial charge in [-0.3, -0.25) is 39.1 Å². The summed E-state index contributed by atoms with van der Waals surface area (Å²) in [6.07, 6.45) is 6.76. The Morgan fingerprint density at radius 2 is 1.53 bits per heavy atom. The maximum Gasteiger partial charge on any atom is 0.262 e. The smallest absolute Gasteiger partial charge is 0.262 e. The molecule has 3 aromatic carbocycles. The first-order chi connectivity index (χ1) is 27.7. The molecule has 294 valence electrons. The van der Waals surface area contributed by atoms with Crippen LogP contribution in [0.4, 0.5) is 23.0 Å². The van der Waals surface area contributed by atoms with Gasteiger partial charge in [0.1, 0.15) is 6.04 Å². The molecule has 57 heavy (non-hydrogen) atoms. The number of hydrogen-bond acceptors (Lipinski definition) is 11. The van der Waals surface area contributed by atoms with Crippen LogP contribution in [0.1, 0.15) is 72.6 Å². The average Bonchev–Trinajstić information content (AvgIpc) is 3.81. The van der Waals surface area contributed by atoms with Crippen molar-refractivity contribution in [3.63, 3.8) is 0 Å². The molecule has 1 aromatic heterocycles. The van der Waals surface area contributed by atoms with Crippen molar-refractivity contribution in [2.45, 2.75) is 76.0 Å². The third-order valence-corrected chi connectivity index (χ3v) is 12.5. The Balaban J connectivity index is 0.767. The molecule has 2 atom stereocenters. The average molecular weight is 770 g/mol. The van der Waals surface area contributed by atoms with Gasteiger partial charge in [-0.25, -0.2) is 9.97 Å². The number of rotatable bonds is 8. The standard InChI is InChI=1S/C43H47N9O5/c1-27(53)51(31-8-6-29(7-9-31)45-43-44-25-28-4-2-3-5-37(28)46-43)32-12-10-30(11-13-32)48-20-22-49(23-21-48)34-18-19-50(26-34)33-14-15-35-36(24-33)42(57)52(41(35)56)38-16-17-39(54)47-40(38)55/h2-5,10-15,24-25,29,31,34,38H,6-9,16-23,26H2,1H3,(H,44,45,46)(H,47,54,55). The molecule has 5 amide bonds. The number of carbonyl (C=O) groups is 5. The van der Waals surface area contributed by atoms with Gasteiger partial charge >= 0.3 is 0 Å². The number of fused-ring (bicyclic) bond motifs is 2. The van der Waals surface area contributed by atoms with Crippen LogP contribution in [0.3, 0.4) is 0 Å². The van der Waals surface area contributed by atoms with Gasteiger partial charge in [0.05, 0.1) is 16.6 Å². The lowest BCUT2D eigenvalue weighted by Gasteiger charge is -2.39. The maximum atomic E-state index is 13.4. The van der Waals surface area contributed by atoms with Crippen LogP contribution in [-0.2, 0) is 14.4 Å². The minimum absolute atomic E-state index is 0.0606. The van der Waals surface area contributed by atoms with Crippen LogP contribution in [0.2, 0.25) is 0 Å². The van der Waals surface area contributed by atoms with Crippen molar-refractivity contribution in [1.29, 1.82) is 0 Å². The van der Waals surface area contributed by atoms with Gasteiger partial charge in [-0.05, 0) is 87.1 Å². The van der Waals surface area contributed by atoms with Crippen molar-refractivity contribution in [3.05, 3.63) is 84.1 Å². The number of amides is 5. The summed E-state index contributed by atoms with van der Waals surface area (Å²) in [5.74, 6) is -1.25. The summed E-state index contributed by atoms with van der Waals surface area (Å²) in [4.78, 5) is 83.1. The van der Waals surface area contributed by atoms with Crippen LogP contribution in [0.5, 0.6) is 0 Å². The van der Waals surface area contributed by atoms with Crippen molar-refractivity contribution < 1.29 is 24.0 Å². The van der Waals surface area contributed by atoms with E-state index in [1.54, 1.807) is 19.1 Å². The lowest BCUT2D eigenvalue weighted by Crippen LogP contribution is -2.54. The highest BCUT2D eigenvalue weighted by Gasteiger charge is 2.45. The Labute approximate surface area is 331 Å². The Morgan fingerprint density at radius 3 is 2.28 bits per heavy atom. The van der Waals surface area contributed by atoms with Gasteiger partial charge in [-0.1, -0.05) is 18.2 Å². The largest absolute Gasteiger partial charge is 0.370 e. The molecule has 2 N–H and O–H groups in total. The second-order valence-electron chi connectivity index (χ2n) is 15.9. The van der Waals surface area contributed by atoms with Crippen LogP contribution in [0.15, 0.2) is 72.9 Å². The summed E-state index contributed by atoms with van der Waals surface area (Å²) in [5.41, 5.74) is 4.51. The van der Waals surface area contributed by atoms with E-state index in [1.807, 2.05) is 41.4 Å².